The highest BCUT2D eigenvalue weighted by Gasteiger charge is 2.17. The molecule has 0 bridgehead atoms. The Morgan fingerprint density at radius 2 is 2.09 bits per heavy atom. The molecule has 2 atom stereocenters. The molecule has 0 aliphatic carbocycles. The molecule has 2 heteroatoms. The van der Waals surface area contributed by atoms with Gasteiger partial charge in [0, 0.05) is 25.2 Å². The lowest BCUT2D eigenvalue weighted by molar-refractivity contribution is 0.315. The first kappa shape index (κ1) is 9.01. The third-order valence-electron chi connectivity index (χ3n) is 2.12. The molecule has 66 valence electrons. The van der Waals surface area contributed by atoms with E-state index in [9.17, 15) is 0 Å². The molecule has 2 unspecified atom stereocenters. The molecule has 0 amide bonds. The van der Waals surface area contributed by atoms with Gasteiger partial charge in [-0.05, 0) is 19.3 Å². The van der Waals surface area contributed by atoms with E-state index in [1.807, 2.05) is 0 Å². The van der Waals surface area contributed by atoms with Crippen molar-refractivity contribution in [1.29, 1.82) is 0 Å². The smallest absolute Gasteiger partial charge is 0.0197 e. The van der Waals surface area contributed by atoms with E-state index in [4.69, 9.17) is 0 Å². The second-order valence-corrected chi connectivity index (χ2v) is 4.05. The van der Waals surface area contributed by atoms with E-state index in [2.05, 4.69) is 31.4 Å². The Bertz CT molecular complexity index is 110. The lowest BCUT2D eigenvalue weighted by Crippen LogP contribution is -2.53. The van der Waals surface area contributed by atoms with Crippen LogP contribution in [0.5, 0.6) is 0 Å². The first-order chi connectivity index (χ1) is 5.18. The molecule has 1 fully saturated rings. The van der Waals surface area contributed by atoms with Gasteiger partial charge in [0.15, 0.2) is 0 Å². The summed E-state index contributed by atoms with van der Waals surface area (Å²) in [5.74, 6) is 0.805. The van der Waals surface area contributed by atoms with Gasteiger partial charge in [-0.25, -0.2) is 0 Å². The van der Waals surface area contributed by atoms with Crippen LogP contribution in [0.25, 0.3) is 0 Å². The van der Waals surface area contributed by atoms with Crippen molar-refractivity contribution < 1.29 is 0 Å². The molecule has 1 rings (SSSR count). The minimum absolute atomic E-state index is 0.646. The molecule has 0 spiro atoms. The molecule has 0 radical (unpaired) electrons. The fraction of sp³-hybridized carbons (Fsp3) is 1.00. The Morgan fingerprint density at radius 3 is 2.64 bits per heavy atom. The highest BCUT2D eigenvalue weighted by Crippen LogP contribution is 2.06. The molecule has 0 aromatic heterocycles. The standard InChI is InChI=1S/C9H20N2/c1-7(2)4-9-6-10-5-8(3)11-9/h7-11H,4-6H2,1-3H3. The first-order valence-electron chi connectivity index (χ1n) is 4.65. The SMILES string of the molecule is CC(C)CC1CNCC(C)N1. The zero-order chi connectivity index (χ0) is 8.27. The quantitative estimate of drug-likeness (QED) is 0.623. The predicted molar refractivity (Wildman–Crippen MR) is 48.7 cm³/mol. The van der Waals surface area contributed by atoms with Crippen LogP contribution in [0.3, 0.4) is 0 Å². The molecule has 0 aromatic rings. The number of hydrogen-bond acceptors (Lipinski definition) is 2. The second kappa shape index (κ2) is 4.07. The average molecular weight is 156 g/mol. The fourth-order valence-corrected chi connectivity index (χ4v) is 1.71. The van der Waals surface area contributed by atoms with Crippen LogP contribution in [-0.2, 0) is 0 Å². The molecule has 0 aromatic carbocycles. The Kier molecular flexibility index (Phi) is 3.34. The van der Waals surface area contributed by atoms with Crippen LogP contribution in [0, 0.1) is 5.92 Å². The molecule has 2 N–H and O–H groups in total. The van der Waals surface area contributed by atoms with E-state index in [1.54, 1.807) is 0 Å². The summed E-state index contributed by atoms with van der Waals surface area (Å²) >= 11 is 0. The van der Waals surface area contributed by atoms with Gasteiger partial charge in [0.05, 0.1) is 0 Å². The Morgan fingerprint density at radius 1 is 1.36 bits per heavy atom. The van der Waals surface area contributed by atoms with Crippen molar-refractivity contribution >= 4 is 0 Å². The van der Waals surface area contributed by atoms with E-state index in [0.29, 0.717) is 12.1 Å². The van der Waals surface area contributed by atoms with Crippen molar-refractivity contribution in [2.45, 2.75) is 39.3 Å². The van der Waals surface area contributed by atoms with Crippen molar-refractivity contribution in [3.63, 3.8) is 0 Å². The molecule has 11 heavy (non-hydrogen) atoms. The second-order valence-electron chi connectivity index (χ2n) is 4.05. The summed E-state index contributed by atoms with van der Waals surface area (Å²) in [6, 6.07) is 1.34. The summed E-state index contributed by atoms with van der Waals surface area (Å²) in [6.45, 7) is 9.05. The lowest BCUT2D eigenvalue weighted by Gasteiger charge is -2.30. The largest absolute Gasteiger partial charge is 0.314 e. The monoisotopic (exact) mass is 156 g/mol. The number of piperazine rings is 1. The van der Waals surface area contributed by atoms with Gasteiger partial charge in [0.2, 0.25) is 0 Å². The van der Waals surface area contributed by atoms with Crippen LogP contribution in [-0.4, -0.2) is 25.2 Å². The molecule has 1 saturated heterocycles. The Hall–Kier alpha value is -0.0800. The number of rotatable bonds is 2. The normalized spacial score (nSPS) is 32.7. The van der Waals surface area contributed by atoms with E-state index >= 15 is 0 Å². The maximum atomic E-state index is 3.59. The Labute approximate surface area is 69.8 Å². The Balaban J connectivity index is 2.23. The van der Waals surface area contributed by atoms with Crippen LogP contribution >= 0.6 is 0 Å². The maximum Gasteiger partial charge on any atom is 0.0197 e. The van der Waals surface area contributed by atoms with E-state index in [0.717, 1.165) is 19.0 Å². The molecule has 1 aliphatic heterocycles. The average Bonchev–Trinajstić information content (AvgIpc) is 1.85. The van der Waals surface area contributed by atoms with Crippen LogP contribution in [0.4, 0.5) is 0 Å². The first-order valence-corrected chi connectivity index (χ1v) is 4.65. The highest BCUT2D eigenvalue weighted by molar-refractivity contribution is 4.81. The maximum absolute atomic E-state index is 3.59. The summed E-state index contributed by atoms with van der Waals surface area (Å²) in [5.41, 5.74) is 0. The van der Waals surface area contributed by atoms with Crippen LogP contribution < -0.4 is 10.6 Å². The van der Waals surface area contributed by atoms with Gasteiger partial charge < -0.3 is 10.6 Å². The molecule has 1 heterocycles. The third-order valence-corrected chi connectivity index (χ3v) is 2.12. The van der Waals surface area contributed by atoms with Crippen molar-refractivity contribution in [1.82, 2.24) is 10.6 Å². The van der Waals surface area contributed by atoms with Gasteiger partial charge in [-0.2, -0.15) is 0 Å². The van der Waals surface area contributed by atoms with Gasteiger partial charge in [0.25, 0.3) is 0 Å². The van der Waals surface area contributed by atoms with Crippen molar-refractivity contribution in [2.75, 3.05) is 13.1 Å². The molecule has 0 saturated carbocycles. The summed E-state index contributed by atoms with van der Waals surface area (Å²) in [7, 11) is 0. The zero-order valence-corrected chi connectivity index (χ0v) is 7.85. The number of nitrogens with one attached hydrogen (secondary N) is 2. The van der Waals surface area contributed by atoms with Crippen LogP contribution in [0.15, 0.2) is 0 Å². The fourth-order valence-electron chi connectivity index (χ4n) is 1.71. The van der Waals surface area contributed by atoms with Crippen molar-refractivity contribution in [3.8, 4) is 0 Å². The molecule has 2 nitrogen and oxygen atoms in total. The summed E-state index contributed by atoms with van der Waals surface area (Å²) in [6.07, 6.45) is 1.29. The highest BCUT2D eigenvalue weighted by atomic mass is 15.1. The van der Waals surface area contributed by atoms with E-state index in [1.165, 1.54) is 6.42 Å². The van der Waals surface area contributed by atoms with Crippen LogP contribution in [0.2, 0.25) is 0 Å². The van der Waals surface area contributed by atoms with Gasteiger partial charge in [-0.15, -0.1) is 0 Å². The topological polar surface area (TPSA) is 24.1 Å². The number of hydrogen-bond donors (Lipinski definition) is 2. The zero-order valence-electron chi connectivity index (χ0n) is 7.85. The van der Waals surface area contributed by atoms with Gasteiger partial charge in [0.1, 0.15) is 0 Å². The van der Waals surface area contributed by atoms with Gasteiger partial charge in [-0.1, -0.05) is 13.8 Å². The summed E-state index contributed by atoms with van der Waals surface area (Å²) in [4.78, 5) is 0. The minimum Gasteiger partial charge on any atom is -0.314 e. The van der Waals surface area contributed by atoms with Crippen molar-refractivity contribution in [2.24, 2.45) is 5.92 Å². The van der Waals surface area contributed by atoms with E-state index < -0.39 is 0 Å². The van der Waals surface area contributed by atoms with E-state index in [-0.39, 0.29) is 0 Å². The minimum atomic E-state index is 0.646. The summed E-state index contributed by atoms with van der Waals surface area (Å²) < 4.78 is 0. The lowest BCUT2D eigenvalue weighted by atomic mass is 10.0. The summed E-state index contributed by atoms with van der Waals surface area (Å²) in [5, 5.41) is 7.01. The van der Waals surface area contributed by atoms with Crippen LogP contribution in [0.1, 0.15) is 27.2 Å². The van der Waals surface area contributed by atoms with Crippen molar-refractivity contribution in [3.05, 3.63) is 0 Å². The van der Waals surface area contributed by atoms with Gasteiger partial charge in [-0.3, -0.25) is 0 Å². The molecular weight excluding hydrogens is 136 g/mol. The predicted octanol–water partition coefficient (Wildman–Crippen LogP) is 0.982. The van der Waals surface area contributed by atoms with Gasteiger partial charge >= 0.3 is 0 Å². The third kappa shape index (κ3) is 3.21. The molecular formula is C9H20N2. The molecule has 1 aliphatic rings.